The molecule has 2 aromatic heterocycles. The number of carbonyl (C=O) groups is 1. The van der Waals surface area contributed by atoms with E-state index in [-0.39, 0.29) is 17.6 Å². The molecule has 0 unspecified atom stereocenters. The Bertz CT molecular complexity index is 808. The van der Waals surface area contributed by atoms with Gasteiger partial charge in [-0.2, -0.15) is 0 Å². The summed E-state index contributed by atoms with van der Waals surface area (Å²) in [6, 6.07) is 13.7. The average Bonchev–Trinajstić information content (AvgIpc) is 3.15. The number of pyridine rings is 1. The highest BCUT2D eigenvalue weighted by Crippen LogP contribution is 2.22. The number of amides is 1. The molecule has 1 amide bonds. The number of hydrogen-bond acceptors (Lipinski definition) is 6. The number of nitrogens with one attached hydrogen (secondary N) is 1. The van der Waals surface area contributed by atoms with E-state index in [1.54, 1.807) is 18.5 Å². The van der Waals surface area contributed by atoms with E-state index in [0.717, 1.165) is 5.56 Å². The van der Waals surface area contributed by atoms with Crippen molar-refractivity contribution in [3.05, 3.63) is 60.4 Å². The zero-order valence-electron chi connectivity index (χ0n) is 13.8. The molecule has 3 aromatic rings. The van der Waals surface area contributed by atoms with E-state index in [0.29, 0.717) is 17.7 Å². The molecular formula is C18H18N4O2S. The summed E-state index contributed by atoms with van der Waals surface area (Å²) in [4.78, 5) is 16.0. The molecule has 7 heteroatoms. The van der Waals surface area contributed by atoms with Crippen LogP contribution in [0.2, 0.25) is 0 Å². The van der Waals surface area contributed by atoms with E-state index in [2.05, 4.69) is 39.6 Å². The summed E-state index contributed by atoms with van der Waals surface area (Å²) in [5, 5.41) is 11.2. The summed E-state index contributed by atoms with van der Waals surface area (Å²) >= 11 is 1.22. The molecule has 0 bridgehead atoms. The molecule has 1 N–H and O–H groups in total. The second kappa shape index (κ2) is 8.43. The molecule has 0 fully saturated rings. The van der Waals surface area contributed by atoms with Crippen molar-refractivity contribution in [3.8, 4) is 11.5 Å². The molecule has 2 heterocycles. The lowest BCUT2D eigenvalue weighted by atomic mass is 10.0. The largest absolute Gasteiger partial charge is 0.411 e. The van der Waals surface area contributed by atoms with Crippen LogP contribution in [0.4, 0.5) is 0 Å². The van der Waals surface area contributed by atoms with Gasteiger partial charge in [0.1, 0.15) is 0 Å². The number of nitrogens with zero attached hydrogens (tertiary/aromatic N) is 3. The standard InChI is InChI=1S/C18H18N4O2S/c1-13(14-6-3-2-4-7-14)10-20-16(23)12-25-18-22-21-17(24-18)15-8-5-9-19-11-15/h2-9,11,13H,10,12H2,1H3,(H,20,23)/t13-/m0/s1. The summed E-state index contributed by atoms with van der Waals surface area (Å²) < 4.78 is 5.54. The van der Waals surface area contributed by atoms with E-state index in [9.17, 15) is 4.79 Å². The molecule has 0 aliphatic heterocycles. The highest BCUT2D eigenvalue weighted by Gasteiger charge is 2.12. The van der Waals surface area contributed by atoms with Crippen molar-refractivity contribution in [2.24, 2.45) is 0 Å². The maximum Gasteiger partial charge on any atom is 0.277 e. The Balaban J connectivity index is 1.46. The molecule has 1 atom stereocenters. The van der Waals surface area contributed by atoms with Crippen LogP contribution in [0, 0.1) is 0 Å². The number of carbonyl (C=O) groups excluding carboxylic acids is 1. The van der Waals surface area contributed by atoms with Crippen molar-refractivity contribution in [1.29, 1.82) is 0 Å². The van der Waals surface area contributed by atoms with Crippen LogP contribution in [-0.2, 0) is 4.79 Å². The van der Waals surface area contributed by atoms with Crippen molar-refractivity contribution in [2.45, 2.75) is 18.1 Å². The van der Waals surface area contributed by atoms with Crippen LogP contribution >= 0.6 is 11.8 Å². The van der Waals surface area contributed by atoms with E-state index < -0.39 is 0 Å². The first-order chi connectivity index (χ1) is 12.2. The average molecular weight is 354 g/mol. The van der Waals surface area contributed by atoms with Gasteiger partial charge >= 0.3 is 0 Å². The predicted molar refractivity (Wildman–Crippen MR) is 96.1 cm³/mol. The van der Waals surface area contributed by atoms with Crippen molar-refractivity contribution >= 4 is 17.7 Å². The Hall–Kier alpha value is -2.67. The van der Waals surface area contributed by atoms with Crippen LogP contribution in [-0.4, -0.2) is 33.4 Å². The zero-order valence-corrected chi connectivity index (χ0v) is 14.6. The number of hydrogen-bond donors (Lipinski definition) is 1. The van der Waals surface area contributed by atoms with Gasteiger partial charge in [0.05, 0.1) is 11.3 Å². The third-order valence-corrected chi connectivity index (χ3v) is 4.43. The molecule has 6 nitrogen and oxygen atoms in total. The Morgan fingerprint density at radius 2 is 2.04 bits per heavy atom. The third kappa shape index (κ3) is 4.90. The molecule has 25 heavy (non-hydrogen) atoms. The van der Waals surface area contributed by atoms with Gasteiger partial charge in [0, 0.05) is 18.9 Å². The van der Waals surface area contributed by atoms with Crippen molar-refractivity contribution in [1.82, 2.24) is 20.5 Å². The van der Waals surface area contributed by atoms with Gasteiger partial charge in [0.2, 0.25) is 11.8 Å². The lowest BCUT2D eigenvalue weighted by molar-refractivity contribution is -0.118. The van der Waals surface area contributed by atoms with Gasteiger partial charge in [0.15, 0.2) is 0 Å². The van der Waals surface area contributed by atoms with Crippen LogP contribution in [0.5, 0.6) is 0 Å². The molecule has 0 spiro atoms. The molecule has 128 valence electrons. The minimum atomic E-state index is -0.0612. The zero-order chi connectivity index (χ0) is 17.5. The van der Waals surface area contributed by atoms with Crippen molar-refractivity contribution in [2.75, 3.05) is 12.3 Å². The second-order valence-electron chi connectivity index (χ2n) is 5.52. The number of thioether (sulfide) groups is 1. The van der Waals surface area contributed by atoms with E-state index in [1.807, 2.05) is 24.3 Å². The summed E-state index contributed by atoms with van der Waals surface area (Å²) in [6.45, 7) is 2.68. The predicted octanol–water partition coefficient (Wildman–Crippen LogP) is 3.14. The van der Waals surface area contributed by atoms with Crippen molar-refractivity contribution in [3.63, 3.8) is 0 Å². The second-order valence-corrected chi connectivity index (χ2v) is 6.45. The van der Waals surface area contributed by atoms with Crippen molar-refractivity contribution < 1.29 is 9.21 Å². The van der Waals surface area contributed by atoms with Gasteiger partial charge in [-0.3, -0.25) is 9.78 Å². The fourth-order valence-electron chi connectivity index (χ4n) is 2.22. The topological polar surface area (TPSA) is 80.9 Å². The number of rotatable bonds is 7. The van der Waals surface area contributed by atoms with Gasteiger partial charge < -0.3 is 9.73 Å². The summed E-state index contributed by atoms with van der Waals surface area (Å²) in [7, 11) is 0. The van der Waals surface area contributed by atoms with Gasteiger partial charge in [-0.1, -0.05) is 49.0 Å². The Morgan fingerprint density at radius 1 is 1.20 bits per heavy atom. The van der Waals surface area contributed by atoms with Crippen LogP contribution in [0.3, 0.4) is 0 Å². The van der Waals surface area contributed by atoms with E-state index >= 15 is 0 Å². The molecule has 0 aliphatic carbocycles. The third-order valence-electron chi connectivity index (χ3n) is 3.62. The molecule has 1 aromatic carbocycles. The molecule has 0 saturated heterocycles. The summed E-state index contributed by atoms with van der Waals surface area (Å²) in [6.07, 6.45) is 3.33. The first-order valence-corrected chi connectivity index (χ1v) is 8.89. The highest BCUT2D eigenvalue weighted by molar-refractivity contribution is 7.99. The summed E-state index contributed by atoms with van der Waals surface area (Å²) in [5.41, 5.74) is 1.96. The minimum absolute atomic E-state index is 0.0612. The SMILES string of the molecule is C[C@@H](CNC(=O)CSc1nnc(-c2cccnc2)o1)c1ccccc1. The van der Waals surface area contributed by atoms with Crippen LogP contribution < -0.4 is 5.32 Å². The maximum atomic E-state index is 12.0. The monoisotopic (exact) mass is 354 g/mol. The number of aromatic nitrogens is 3. The summed E-state index contributed by atoms with van der Waals surface area (Å²) in [5.74, 6) is 0.828. The first kappa shape index (κ1) is 17.2. The minimum Gasteiger partial charge on any atom is -0.411 e. The molecule has 3 rings (SSSR count). The van der Waals surface area contributed by atoms with Crippen LogP contribution in [0.15, 0.2) is 64.5 Å². The fraction of sp³-hybridized carbons (Fsp3) is 0.222. The Kier molecular flexibility index (Phi) is 5.79. The maximum absolute atomic E-state index is 12.0. The molecular weight excluding hydrogens is 336 g/mol. The normalized spacial score (nSPS) is 11.9. The lowest BCUT2D eigenvalue weighted by Gasteiger charge is -2.12. The number of benzene rings is 1. The Labute approximate surface area is 150 Å². The van der Waals surface area contributed by atoms with Gasteiger partial charge in [-0.05, 0) is 23.6 Å². The van der Waals surface area contributed by atoms with Gasteiger partial charge in [-0.15, -0.1) is 10.2 Å². The van der Waals surface area contributed by atoms with Gasteiger partial charge in [0.25, 0.3) is 5.22 Å². The first-order valence-electron chi connectivity index (χ1n) is 7.90. The molecule has 0 aliphatic rings. The highest BCUT2D eigenvalue weighted by atomic mass is 32.2. The van der Waals surface area contributed by atoms with Crippen LogP contribution in [0.25, 0.3) is 11.5 Å². The quantitative estimate of drug-likeness (QED) is 0.657. The van der Waals surface area contributed by atoms with Gasteiger partial charge in [-0.25, -0.2) is 0 Å². The molecule has 0 saturated carbocycles. The Morgan fingerprint density at radius 3 is 2.80 bits per heavy atom. The van der Waals surface area contributed by atoms with E-state index in [4.69, 9.17) is 4.42 Å². The van der Waals surface area contributed by atoms with E-state index in [1.165, 1.54) is 17.3 Å². The fourth-order valence-corrected chi connectivity index (χ4v) is 2.81. The van der Waals surface area contributed by atoms with Crippen LogP contribution in [0.1, 0.15) is 18.4 Å². The lowest BCUT2D eigenvalue weighted by Crippen LogP contribution is -2.28. The smallest absolute Gasteiger partial charge is 0.277 e. The molecule has 0 radical (unpaired) electrons.